The summed E-state index contributed by atoms with van der Waals surface area (Å²) in [7, 11) is 0. The number of carbonyl (C=O) groups is 2. The average Bonchev–Trinajstić information content (AvgIpc) is 3.42. The highest BCUT2D eigenvalue weighted by Gasteiger charge is 2.61. The molecule has 0 aliphatic carbocycles. The van der Waals surface area contributed by atoms with Crippen molar-refractivity contribution < 1.29 is 23.2 Å². The minimum absolute atomic E-state index is 0.318. The zero-order valence-electron chi connectivity index (χ0n) is 14.6. The molecule has 1 aromatic heterocycles. The molecule has 3 heterocycles. The number of benzene rings is 2. The quantitative estimate of drug-likeness (QED) is 0.653. The maximum absolute atomic E-state index is 13.3. The Morgan fingerprint density at radius 2 is 1.57 bits per heavy atom. The summed E-state index contributed by atoms with van der Waals surface area (Å²) >= 11 is 0. The molecule has 2 aliphatic heterocycles. The number of para-hydroxylation sites is 1. The van der Waals surface area contributed by atoms with E-state index in [-0.39, 0.29) is 0 Å². The fourth-order valence-corrected chi connectivity index (χ4v) is 3.81. The molecule has 3 aromatic rings. The van der Waals surface area contributed by atoms with Crippen molar-refractivity contribution in [2.75, 3.05) is 9.96 Å². The molecule has 3 atom stereocenters. The summed E-state index contributed by atoms with van der Waals surface area (Å²) in [5.74, 6) is -1.57. The average molecular weight is 378 g/mol. The van der Waals surface area contributed by atoms with Gasteiger partial charge in [0, 0.05) is 0 Å². The summed E-state index contributed by atoms with van der Waals surface area (Å²) in [4.78, 5) is 33.2. The minimum Gasteiger partial charge on any atom is -0.467 e. The van der Waals surface area contributed by atoms with Crippen molar-refractivity contribution in [1.29, 1.82) is 0 Å². The maximum Gasteiger partial charge on any atom is 0.266 e. The highest BCUT2D eigenvalue weighted by atomic mass is 19.1. The Bertz CT molecular complexity index is 1020. The van der Waals surface area contributed by atoms with E-state index in [1.54, 1.807) is 17.2 Å². The number of hydrogen-bond donors (Lipinski definition) is 0. The predicted octanol–water partition coefficient (Wildman–Crippen LogP) is 3.47. The molecule has 2 amide bonds. The van der Waals surface area contributed by atoms with Gasteiger partial charge in [-0.25, -0.2) is 14.4 Å². The molecule has 7 heteroatoms. The highest BCUT2D eigenvalue weighted by Crippen LogP contribution is 2.47. The van der Waals surface area contributed by atoms with Crippen LogP contribution in [-0.4, -0.2) is 17.9 Å². The van der Waals surface area contributed by atoms with Crippen molar-refractivity contribution in [2.45, 2.75) is 12.1 Å². The molecule has 28 heavy (non-hydrogen) atoms. The first kappa shape index (κ1) is 16.7. The predicted molar refractivity (Wildman–Crippen MR) is 97.6 cm³/mol. The van der Waals surface area contributed by atoms with E-state index in [4.69, 9.17) is 9.25 Å². The van der Waals surface area contributed by atoms with Crippen LogP contribution in [0.25, 0.3) is 0 Å². The molecule has 0 N–H and O–H groups in total. The van der Waals surface area contributed by atoms with E-state index < -0.39 is 35.7 Å². The number of nitrogens with zero attached hydrogens (tertiary/aromatic N) is 2. The van der Waals surface area contributed by atoms with E-state index >= 15 is 0 Å². The van der Waals surface area contributed by atoms with Crippen molar-refractivity contribution in [3.63, 3.8) is 0 Å². The van der Waals surface area contributed by atoms with Gasteiger partial charge in [0.2, 0.25) is 5.91 Å². The lowest BCUT2D eigenvalue weighted by Crippen LogP contribution is -2.37. The Morgan fingerprint density at radius 3 is 2.25 bits per heavy atom. The van der Waals surface area contributed by atoms with E-state index in [9.17, 15) is 14.0 Å². The van der Waals surface area contributed by atoms with Crippen LogP contribution in [0, 0.1) is 11.7 Å². The number of furan rings is 1. The topological polar surface area (TPSA) is 63.0 Å². The maximum atomic E-state index is 13.3. The van der Waals surface area contributed by atoms with Gasteiger partial charge in [-0.15, -0.1) is 0 Å². The molecule has 5 rings (SSSR count). The van der Waals surface area contributed by atoms with Crippen molar-refractivity contribution in [3.8, 4) is 0 Å². The minimum atomic E-state index is -0.979. The van der Waals surface area contributed by atoms with Gasteiger partial charge in [0.25, 0.3) is 5.91 Å². The number of rotatable bonds is 3. The third-order valence-electron chi connectivity index (χ3n) is 5.05. The zero-order chi connectivity index (χ0) is 19.3. The molecule has 0 unspecified atom stereocenters. The molecule has 2 aromatic carbocycles. The Kier molecular flexibility index (Phi) is 3.77. The molecule has 2 fully saturated rings. The summed E-state index contributed by atoms with van der Waals surface area (Å²) in [5.41, 5.74) is 1.03. The second-order valence-corrected chi connectivity index (χ2v) is 6.66. The van der Waals surface area contributed by atoms with Gasteiger partial charge >= 0.3 is 0 Å². The molecule has 0 saturated carbocycles. The summed E-state index contributed by atoms with van der Waals surface area (Å²) in [6.45, 7) is 0. The lowest BCUT2D eigenvalue weighted by Gasteiger charge is -2.27. The van der Waals surface area contributed by atoms with Gasteiger partial charge in [0.1, 0.15) is 23.5 Å². The van der Waals surface area contributed by atoms with Crippen molar-refractivity contribution in [2.24, 2.45) is 5.92 Å². The van der Waals surface area contributed by atoms with Crippen LogP contribution < -0.4 is 9.96 Å². The number of fused-ring (bicyclic) bond motifs is 1. The summed E-state index contributed by atoms with van der Waals surface area (Å²) in [6.07, 6.45) is 0.540. The van der Waals surface area contributed by atoms with Gasteiger partial charge < -0.3 is 4.42 Å². The van der Waals surface area contributed by atoms with Crippen LogP contribution in [-0.2, 0) is 14.4 Å². The van der Waals surface area contributed by atoms with Crippen LogP contribution in [0.3, 0.4) is 0 Å². The number of hydrogen-bond acceptors (Lipinski definition) is 5. The Labute approximate surface area is 159 Å². The van der Waals surface area contributed by atoms with Crippen molar-refractivity contribution in [3.05, 3.63) is 84.6 Å². The molecular formula is C21H15FN2O4. The number of anilines is 2. The lowest BCUT2D eigenvalue weighted by atomic mass is 9.94. The third-order valence-corrected chi connectivity index (χ3v) is 5.05. The van der Waals surface area contributed by atoms with Crippen molar-refractivity contribution in [1.82, 2.24) is 0 Å². The first-order chi connectivity index (χ1) is 13.6. The second kappa shape index (κ2) is 6.31. The van der Waals surface area contributed by atoms with Crippen molar-refractivity contribution >= 4 is 23.2 Å². The zero-order valence-corrected chi connectivity index (χ0v) is 14.6. The summed E-state index contributed by atoms with van der Waals surface area (Å²) in [5, 5.41) is 1.56. The molecule has 2 aliphatic rings. The Balaban J connectivity index is 1.56. The van der Waals surface area contributed by atoms with Crippen LogP contribution in [0.15, 0.2) is 77.4 Å². The van der Waals surface area contributed by atoms with Gasteiger partial charge in [0.05, 0.1) is 17.6 Å². The standard InChI is InChI=1S/C21H15FN2O4/c22-13-8-10-14(11-9-13)23-20(25)17-18(16-7-4-12-27-16)24(28-19(17)21(23)26)15-5-2-1-3-6-15/h1-12,17-19H/t17-,18-,19+/m0/s1. The molecule has 0 bridgehead atoms. The van der Waals surface area contributed by atoms with E-state index in [1.807, 2.05) is 30.3 Å². The van der Waals surface area contributed by atoms with Crippen LogP contribution in [0.2, 0.25) is 0 Å². The van der Waals surface area contributed by atoms with E-state index in [1.165, 1.54) is 30.5 Å². The van der Waals surface area contributed by atoms with E-state index in [0.717, 1.165) is 4.90 Å². The first-order valence-corrected chi connectivity index (χ1v) is 8.83. The van der Waals surface area contributed by atoms with Crippen LogP contribution in [0.1, 0.15) is 11.8 Å². The number of amides is 2. The summed E-state index contributed by atoms with van der Waals surface area (Å²) in [6, 6.07) is 17.4. The normalized spacial score (nSPS) is 24.1. The lowest BCUT2D eigenvalue weighted by molar-refractivity contribution is -0.126. The number of halogens is 1. The Morgan fingerprint density at radius 1 is 0.821 bits per heavy atom. The third kappa shape index (κ3) is 2.44. The van der Waals surface area contributed by atoms with Crippen LogP contribution in [0.5, 0.6) is 0 Å². The van der Waals surface area contributed by atoms with Gasteiger partial charge in [-0.2, -0.15) is 0 Å². The van der Waals surface area contributed by atoms with Gasteiger partial charge in [0.15, 0.2) is 6.10 Å². The number of carbonyl (C=O) groups excluding carboxylic acids is 2. The largest absolute Gasteiger partial charge is 0.467 e. The fraction of sp³-hybridized carbons (Fsp3) is 0.143. The van der Waals surface area contributed by atoms with Crippen LogP contribution >= 0.6 is 0 Å². The molecule has 0 spiro atoms. The molecule has 2 saturated heterocycles. The Hall–Kier alpha value is -3.45. The number of imide groups is 1. The van der Waals surface area contributed by atoms with Gasteiger partial charge in [-0.1, -0.05) is 18.2 Å². The van der Waals surface area contributed by atoms with Crippen LogP contribution in [0.4, 0.5) is 15.8 Å². The number of hydroxylamine groups is 1. The highest BCUT2D eigenvalue weighted by molar-refractivity contribution is 6.23. The molecule has 0 radical (unpaired) electrons. The van der Waals surface area contributed by atoms with E-state index in [2.05, 4.69) is 0 Å². The summed E-state index contributed by atoms with van der Waals surface area (Å²) < 4.78 is 18.8. The smallest absolute Gasteiger partial charge is 0.266 e. The monoisotopic (exact) mass is 378 g/mol. The SMILES string of the molecule is O=C1[C@@H]2[C@@H](ON(c3ccccc3)[C@H]2c2ccco2)C(=O)N1c1ccc(F)cc1. The molecular weight excluding hydrogens is 363 g/mol. The van der Waals surface area contributed by atoms with E-state index in [0.29, 0.717) is 17.1 Å². The van der Waals surface area contributed by atoms with Gasteiger partial charge in [-0.3, -0.25) is 14.4 Å². The second-order valence-electron chi connectivity index (χ2n) is 6.66. The fourth-order valence-electron chi connectivity index (χ4n) is 3.81. The molecule has 140 valence electrons. The molecule has 6 nitrogen and oxygen atoms in total. The van der Waals surface area contributed by atoms with Gasteiger partial charge in [-0.05, 0) is 48.5 Å². The first-order valence-electron chi connectivity index (χ1n) is 8.83.